The van der Waals surface area contributed by atoms with Gasteiger partial charge in [0.25, 0.3) is 0 Å². The lowest BCUT2D eigenvalue weighted by atomic mass is 10.2. The number of carbonyl (C=O) groups excluding carboxylic acids is 1. The first-order valence-corrected chi connectivity index (χ1v) is 5.28. The fourth-order valence-electron chi connectivity index (χ4n) is 1.26. The SMILES string of the molecule is CCOC(=O)COc1cc(C(=O)O)ccc1OC. The number of carboxylic acids is 1. The molecular formula is C12H14O6. The van der Waals surface area contributed by atoms with Gasteiger partial charge in [-0.15, -0.1) is 0 Å². The van der Waals surface area contributed by atoms with E-state index in [1.165, 1.54) is 25.3 Å². The lowest BCUT2D eigenvalue weighted by Crippen LogP contribution is -2.15. The quantitative estimate of drug-likeness (QED) is 0.771. The minimum atomic E-state index is -1.08. The van der Waals surface area contributed by atoms with Crippen LogP contribution in [0.4, 0.5) is 0 Å². The summed E-state index contributed by atoms with van der Waals surface area (Å²) in [6.07, 6.45) is 0. The molecule has 18 heavy (non-hydrogen) atoms. The van der Waals surface area contributed by atoms with E-state index in [1.54, 1.807) is 6.92 Å². The van der Waals surface area contributed by atoms with Crippen molar-refractivity contribution in [1.29, 1.82) is 0 Å². The van der Waals surface area contributed by atoms with E-state index in [4.69, 9.17) is 19.3 Å². The summed E-state index contributed by atoms with van der Waals surface area (Å²) in [6, 6.07) is 4.14. The molecule has 1 N–H and O–H groups in total. The molecular weight excluding hydrogens is 240 g/mol. The summed E-state index contributed by atoms with van der Waals surface area (Å²) in [5, 5.41) is 8.85. The van der Waals surface area contributed by atoms with E-state index in [2.05, 4.69) is 0 Å². The molecule has 0 aliphatic heterocycles. The monoisotopic (exact) mass is 254 g/mol. The van der Waals surface area contributed by atoms with Crippen molar-refractivity contribution in [3.63, 3.8) is 0 Å². The van der Waals surface area contributed by atoms with Gasteiger partial charge in [-0.2, -0.15) is 0 Å². The molecule has 0 saturated heterocycles. The Morgan fingerprint density at radius 3 is 2.56 bits per heavy atom. The summed E-state index contributed by atoms with van der Waals surface area (Å²) < 4.78 is 14.9. The normalized spacial score (nSPS) is 9.67. The van der Waals surface area contributed by atoms with Gasteiger partial charge in [-0.3, -0.25) is 0 Å². The van der Waals surface area contributed by atoms with Crippen molar-refractivity contribution in [1.82, 2.24) is 0 Å². The molecule has 0 atom stereocenters. The first-order valence-electron chi connectivity index (χ1n) is 5.28. The van der Waals surface area contributed by atoms with Crippen LogP contribution in [0.3, 0.4) is 0 Å². The van der Waals surface area contributed by atoms with Crippen molar-refractivity contribution in [2.24, 2.45) is 0 Å². The third kappa shape index (κ3) is 3.65. The van der Waals surface area contributed by atoms with E-state index in [9.17, 15) is 9.59 Å². The Morgan fingerprint density at radius 2 is 2.00 bits per heavy atom. The fraction of sp³-hybridized carbons (Fsp3) is 0.333. The number of ether oxygens (including phenoxy) is 3. The van der Waals surface area contributed by atoms with Crippen LogP contribution in [-0.4, -0.2) is 37.4 Å². The van der Waals surface area contributed by atoms with E-state index in [0.717, 1.165) is 0 Å². The first-order chi connectivity index (χ1) is 8.58. The number of carboxylic acid groups (broad SMARTS) is 1. The third-order valence-corrected chi connectivity index (χ3v) is 2.06. The van der Waals surface area contributed by atoms with Gasteiger partial charge < -0.3 is 19.3 Å². The summed E-state index contributed by atoms with van der Waals surface area (Å²) >= 11 is 0. The molecule has 6 heteroatoms. The van der Waals surface area contributed by atoms with E-state index in [1.807, 2.05) is 0 Å². The zero-order valence-corrected chi connectivity index (χ0v) is 10.1. The van der Waals surface area contributed by atoms with Gasteiger partial charge in [0.2, 0.25) is 0 Å². The maximum absolute atomic E-state index is 11.1. The molecule has 0 spiro atoms. The number of benzene rings is 1. The topological polar surface area (TPSA) is 82.1 Å². The predicted octanol–water partition coefficient (Wildman–Crippen LogP) is 1.34. The van der Waals surface area contributed by atoms with Gasteiger partial charge in [-0.1, -0.05) is 0 Å². The summed E-state index contributed by atoms with van der Waals surface area (Å²) in [5.74, 6) is -1.08. The Morgan fingerprint density at radius 1 is 1.28 bits per heavy atom. The standard InChI is InChI=1S/C12H14O6/c1-3-17-11(13)7-18-10-6-8(12(14)15)4-5-9(10)16-2/h4-6H,3,7H2,1-2H3,(H,14,15). The largest absolute Gasteiger partial charge is 0.493 e. The molecule has 6 nitrogen and oxygen atoms in total. The van der Waals surface area contributed by atoms with E-state index in [0.29, 0.717) is 5.75 Å². The fourth-order valence-corrected chi connectivity index (χ4v) is 1.26. The maximum Gasteiger partial charge on any atom is 0.344 e. The minimum Gasteiger partial charge on any atom is -0.493 e. The molecule has 0 unspecified atom stereocenters. The zero-order valence-electron chi connectivity index (χ0n) is 10.1. The van der Waals surface area contributed by atoms with Crippen molar-refractivity contribution in [3.05, 3.63) is 23.8 Å². The Kier molecular flexibility index (Phi) is 4.98. The molecule has 0 aliphatic rings. The smallest absolute Gasteiger partial charge is 0.344 e. The van der Waals surface area contributed by atoms with E-state index in [-0.39, 0.29) is 24.5 Å². The Balaban J connectivity index is 2.81. The first kappa shape index (κ1) is 13.8. The number of hydrogen-bond donors (Lipinski definition) is 1. The highest BCUT2D eigenvalue weighted by atomic mass is 16.6. The van der Waals surface area contributed by atoms with Crippen molar-refractivity contribution in [2.45, 2.75) is 6.92 Å². The van der Waals surface area contributed by atoms with Crippen LogP contribution < -0.4 is 9.47 Å². The van der Waals surface area contributed by atoms with Crippen molar-refractivity contribution < 1.29 is 28.9 Å². The van der Waals surface area contributed by atoms with Crippen molar-refractivity contribution in [2.75, 3.05) is 20.3 Å². The second kappa shape index (κ2) is 6.48. The van der Waals surface area contributed by atoms with Crippen molar-refractivity contribution in [3.8, 4) is 11.5 Å². The highest BCUT2D eigenvalue weighted by Crippen LogP contribution is 2.28. The highest BCUT2D eigenvalue weighted by Gasteiger charge is 2.12. The van der Waals surface area contributed by atoms with Crippen LogP contribution in [0.25, 0.3) is 0 Å². The molecule has 0 fully saturated rings. The number of hydrogen-bond acceptors (Lipinski definition) is 5. The van der Waals surface area contributed by atoms with Crippen LogP contribution in [-0.2, 0) is 9.53 Å². The van der Waals surface area contributed by atoms with E-state index >= 15 is 0 Å². The molecule has 0 aromatic heterocycles. The molecule has 0 radical (unpaired) electrons. The van der Waals surface area contributed by atoms with Gasteiger partial charge in [-0.25, -0.2) is 9.59 Å². The minimum absolute atomic E-state index is 0.0506. The molecule has 1 aromatic rings. The van der Waals surface area contributed by atoms with Crippen LogP contribution >= 0.6 is 0 Å². The van der Waals surface area contributed by atoms with Gasteiger partial charge in [0.15, 0.2) is 18.1 Å². The molecule has 0 amide bonds. The Labute approximate surface area is 104 Å². The summed E-state index contributed by atoms with van der Waals surface area (Å²) in [5.41, 5.74) is 0.0506. The average molecular weight is 254 g/mol. The second-order valence-electron chi connectivity index (χ2n) is 3.26. The number of esters is 1. The van der Waals surface area contributed by atoms with Crippen molar-refractivity contribution >= 4 is 11.9 Å². The average Bonchev–Trinajstić information content (AvgIpc) is 2.36. The molecule has 0 bridgehead atoms. The Hall–Kier alpha value is -2.24. The molecule has 0 heterocycles. The van der Waals surface area contributed by atoms with Gasteiger partial charge in [-0.05, 0) is 25.1 Å². The molecule has 1 aromatic carbocycles. The highest BCUT2D eigenvalue weighted by molar-refractivity contribution is 5.88. The number of carbonyl (C=O) groups is 2. The van der Waals surface area contributed by atoms with Crippen LogP contribution in [0.5, 0.6) is 11.5 Å². The van der Waals surface area contributed by atoms with Crippen LogP contribution in [0.15, 0.2) is 18.2 Å². The third-order valence-electron chi connectivity index (χ3n) is 2.06. The van der Waals surface area contributed by atoms with Crippen LogP contribution in [0, 0.1) is 0 Å². The summed E-state index contributed by atoms with van der Waals surface area (Å²) in [6.45, 7) is 1.64. The lowest BCUT2D eigenvalue weighted by molar-refractivity contribution is -0.145. The Bertz CT molecular complexity index is 440. The molecule has 0 aliphatic carbocycles. The molecule has 0 saturated carbocycles. The molecule has 98 valence electrons. The second-order valence-corrected chi connectivity index (χ2v) is 3.26. The van der Waals surface area contributed by atoms with Gasteiger partial charge in [0.05, 0.1) is 19.3 Å². The van der Waals surface area contributed by atoms with Crippen LogP contribution in [0.2, 0.25) is 0 Å². The van der Waals surface area contributed by atoms with Gasteiger partial charge >= 0.3 is 11.9 Å². The van der Waals surface area contributed by atoms with Gasteiger partial charge in [0.1, 0.15) is 0 Å². The number of methoxy groups -OCH3 is 1. The molecule has 1 rings (SSSR count). The summed E-state index contributed by atoms with van der Waals surface area (Å²) in [7, 11) is 1.42. The van der Waals surface area contributed by atoms with Gasteiger partial charge in [0, 0.05) is 0 Å². The van der Waals surface area contributed by atoms with Crippen LogP contribution in [0.1, 0.15) is 17.3 Å². The zero-order chi connectivity index (χ0) is 13.5. The summed E-state index contributed by atoms with van der Waals surface area (Å²) in [4.78, 5) is 21.9. The number of rotatable bonds is 6. The lowest BCUT2D eigenvalue weighted by Gasteiger charge is -2.10. The van der Waals surface area contributed by atoms with E-state index < -0.39 is 11.9 Å². The maximum atomic E-state index is 11.1. The number of aromatic carboxylic acids is 1. The predicted molar refractivity (Wildman–Crippen MR) is 62.1 cm³/mol.